The van der Waals surface area contributed by atoms with E-state index in [-0.39, 0.29) is 23.8 Å². The molecule has 1 aromatic carbocycles. The molecule has 3 rings (SSSR count). The van der Waals surface area contributed by atoms with Crippen LogP contribution in [0.15, 0.2) is 29.4 Å². The number of carbonyl (C=O) groups excluding carboxylic acids is 2. The van der Waals surface area contributed by atoms with E-state index >= 15 is 0 Å². The van der Waals surface area contributed by atoms with Gasteiger partial charge in [0.2, 0.25) is 5.91 Å². The third-order valence-corrected chi connectivity index (χ3v) is 5.52. The van der Waals surface area contributed by atoms with Crippen LogP contribution >= 0.6 is 11.8 Å². The van der Waals surface area contributed by atoms with Gasteiger partial charge in [-0.05, 0) is 25.0 Å². The maximum atomic E-state index is 13.6. The van der Waals surface area contributed by atoms with Gasteiger partial charge in [-0.25, -0.2) is 4.39 Å². The molecule has 0 atom stereocenters. The summed E-state index contributed by atoms with van der Waals surface area (Å²) >= 11 is 1.30. The minimum absolute atomic E-state index is 0.00990. The third-order valence-electron chi connectivity index (χ3n) is 4.50. The normalized spacial score (nSPS) is 14.3. The smallest absolute Gasteiger partial charge is 0.254 e. The van der Waals surface area contributed by atoms with Crippen LogP contribution in [-0.4, -0.2) is 38.4 Å². The number of nitrogens with zero attached hydrogens (tertiary/aromatic N) is 3. The summed E-state index contributed by atoms with van der Waals surface area (Å²) in [6.45, 7) is 0.117. The highest BCUT2D eigenvalue weighted by Gasteiger charge is 2.18. The number of aromatic nitrogens is 3. The lowest BCUT2D eigenvalue weighted by Gasteiger charge is -2.11. The van der Waals surface area contributed by atoms with E-state index in [0.717, 1.165) is 12.8 Å². The van der Waals surface area contributed by atoms with Crippen molar-refractivity contribution < 1.29 is 14.0 Å². The predicted octanol–water partition coefficient (Wildman–Crippen LogP) is 2.04. The molecule has 2 amide bonds. The first-order valence-electron chi connectivity index (χ1n) is 8.87. The highest BCUT2D eigenvalue weighted by atomic mass is 32.2. The van der Waals surface area contributed by atoms with Gasteiger partial charge in [0.1, 0.15) is 5.82 Å². The van der Waals surface area contributed by atoms with Crippen molar-refractivity contribution in [2.45, 2.75) is 43.4 Å². The maximum absolute atomic E-state index is 13.6. The summed E-state index contributed by atoms with van der Waals surface area (Å²) in [5.41, 5.74) is -0.0159. The van der Waals surface area contributed by atoms with Gasteiger partial charge < -0.3 is 15.2 Å². The van der Waals surface area contributed by atoms with Crippen molar-refractivity contribution in [3.8, 4) is 0 Å². The Morgan fingerprint density at radius 3 is 2.74 bits per heavy atom. The number of benzene rings is 1. The molecule has 1 aliphatic carbocycles. The Balaban J connectivity index is 1.50. The van der Waals surface area contributed by atoms with Crippen LogP contribution in [0.3, 0.4) is 0 Å². The Labute approximate surface area is 161 Å². The van der Waals surface area contributed by atoms with Gasteiger partial charge >= 0.3 is 0 Å². The summed E-state index contributed by atoms with van der Waals surface area (Å²) in [5.74, 6) is -0.300. The number of thioether (sulfide) groups is 1. The van der Waals surface area contributed by atoms with E-state index in [9.17, 15) is 14.0 Å². The molecular formula is C18H22FN5O2S. The Hall–Kier alpha value is -2.42. The van der Waals surface area contributed by atoms with Crippen LogP contribution in [0, 0.1) is 5.82 Å². The minimum atomic E-state index is -0.572. The molecule has 1 heterocycles. The lowest BCUT2D eigenvalue weighted by molar-refractivity contribution is -0.119. The van der Waals surface area contributed by atoms with E-state index in [1.54, 1.807) is 17.7 Å². The monoisotopic (exact) mass is 391 g/mol. The summed E-state index contributed by atoms with van der Waals surface area (Å²) in [7, 11) is 1.77. The SMILES string of the molecule is Cn1c(CNC(=O)c2ccccc2F)nnc1SCC(=O)NC1CCCC1. The van der Waals surface area contributed by atoms with Crippen LogP contribution in [0.4, 0.5) is 4.39 Å². The van der Waals surface area contributed by atoms with Gasteiger partial charge in [-0.3, -0.25) is 9.59 Å². The summed E-state index contributed by atoms with van der Waals surface area (Å²) < 4.78 is 15.4. The Bertz CT molecular complexity index is 820. The first-order chi connectivity index (χ1) is 13.0. The molecule has 2 aromatic rings. The number of halogens is 1. The number of rotatable bonds is 7. The fourth-order valence-corrected chi connectivity index (χ4v) is 3.74. The summed E-state index contributed by atoms with van der Waals surface area (Å²) in [5, 5.41) is 14.3. The molecule has 1 aliphatic rings. The molecule has 0 spiro atoms. The summed E-state index contributed by atoms with van der Waals surface area (Å²) in [6, 6.07) is 6.09. The zero-order valence-corrected chi connectivity index (χ0v) is 15.9. The van der Waals surface area contributed by atoms with E-state index < -0.39 is 11.7 Å². The second-order valence-electron chi connectivity index (χ2n) is 6.46. The molecule has 1 saturated carbocycles. The van der Waals surface area contributed by atoms with Crippen molar-refractivity contribution >= 4 is 23.6 Å². The van der Waals surface area contributed by atoms with Gasteiger partial charge in [-0.1, -0.05) is 36.7 Å². The van der Waals surface area contributed by atoms with Crippen molar-refractivity contribution in [3.63, 3.8) is 0 Å². The van der Waals surface area contributed by atoms with Crippen LogP contribution in [0.25, 0.3) is 0 Å². The Kier molecular flexibility index (Phi) is 6.44. The van der Waals surface area contributed by atoms with Gasteiger partial charge in [0.15, 0.2) is 11.0 Å². The second kappa shape index (κ2) is 8.98. The quantitative estimate of drug-likeness (QED) is 0.705. The number of amides is 2. The largest absolute Gasteiger partial charge is 0.353 e. The predicted molar refractivity (Wildman–Crippen MR) is 99.7 cm³/mol. The number of hydrogen-bond acceptors (Lipinski definition) is 5. The average molecular weight is 391 g/mol. The van der Waals surface area contributed by atoms with Gasteiger partial charge in [-0.2, -0.15) is 0 Å². The number of carbonyl (C=O) groups is 2. The van der Waals surface area contributed by atoms with Crippen LogP contribution in [-0.2, 0) is 18.4 Å². The number of nitrogens with one attached hydrogen (secondary N) is 2. The Morgan fingerprint density at radius 1 is 1.26 bits per heavy atom. The van der Waals surface area contributed by atoms with Crippen molar-refractivity contribution in [3.05, 3.63) is 41.5 Å². The van der Waals surface area contributed by atoms with Crippen molar-refractivity contribution in [2.24, 2.45) is 7.05 Å². The Morgan fingerprint density at radius 2 is 2.00 bits per heavy atom. The second-order valence-corrected chi connectivity index (χ2v) is 7.40. The zero-order valence-electron chi connectivity index (χ0n) is 15.1. The zero-order chi connectivity index (χ0) is 19.2. The molecule has 7 nitrogen and oxygen atoms in total. The molecule has 0 unspecified atom stereocenters. The average Bonchev–Trinajstić information content (AvgIpc) is 3.28. The van der Waals surface area contributed by atoms with Crippen LogP contribution in [0.1, 0.15) is 41.9 Å². The van der Waals surface area contributed by atoms with Gasteiger partial charge in [0.25, 0.3) is 5.91 Å². The van der Waals surface area contributed by atoms with E-state index in [0.29, 0.717) is 17.0 Å². The molecule has 2 N–H and O–H groups in total. The molecule has 144 valence electrons. The van der Waals surface area contributed by atoms with Crippen LogP contribution in [0.2, 0.25) is 0 Å². The standard InChI is InChI=1S/C18H22FN5O2S/c1-24-15(10-20-17(26)13-8-4-5-9-14(13)19)22-23-18(24)27-11-16(25)21-12-6-2-3-7-12/h4-5,8-9,12H,2-3,6-7,10-11H2,1H3,(H,20,26)(H,21,25). The molecule has 1 fully saturated rings. The molecule has 1 aromatic heterocycles. The first-order valence-corrected chi connectivity index (χ1v) is 9.86. The topological polar surface area (TPSA) is 88.9 Å². The van der Waals surface area contributed by atoms with E-state index in [2.05, 4.69) is 20.8 Å². The molecule has 27 heavy (non-hydrogen) atoms. The fraction of sp³-hybridized carbons (Fsp3) is 0.444. The van der Waals surface area contributed by atoms with Crippen molar-refractivity contribution in [1.82, 2.24) is 25.4 Å². The molecule has 0 radical (unpaired) electrons. The van der Waals surface area contributed by atoms with Crippen LogP contribution in [0.5, 0.6) is 0 Å². The third kappa shape index (κ3) is 5.06. The molecular weight excluding hydrogens is 369 g/mol. The summed E-state index contributed by atoms with van der Waals surface area (Å²) in [4.78, 5) is 24.1. The number of hydrogen-bond donors (Lipinski definition) is 2. The van der Waals surface area contributed by atoms with Gasteiger partial charge in [0, 0.05) is 13.1 Å². The molecule has 0 saturated heterocycles. The lowest BCUT2D eigenvalue weighted by atomic mass is 10.2. The minimum Gasteiger partial charge on any atom is -0.353 e. The highest BCUT2D eigenvalue weighted by Crippen LogP contribution is 2.19. The molecule has 0 aliphatic heterocycles. The fourth-order valence-electron chi connectivity index (χ4n) is 2.99. The maximum Gasteiger partial charge on any atom is 0.254 e. The van der Waals surface area contributed by atoms with Crippen molar-refractivity contribution in [2.75, 3.05) is 5.75 Å². The lowest BCUT2D eigenvalue weighted by Crippen LogP contribution is -2.33. The molecule has 0 bridgehead atoms. The first kappa shape index (κ1) is 19.3. The summed E-state index contributed by atoms with van der Waals surface area (Å²) in [6.07, 6.45) is 4.44. The molecule has 9 heteroatoms. The van der Waals surface area contributed by atoms with Crippen LogP contribution < -0.4 is 10.6 Å². The van der Waals surface area contributed by atoms with E-state index in [1.165, 1.54) is 42.8 Å². The van der Waals surface area contributed by atoms with Crippen molar-refractivity contribution in [1.29, 1.82) is 0 Å². The van der Waals surface area contributed by atoms with Gasteiger partial charge in [-0.15, -0.1) is 10.2 Å². The highest BCUT2D eigenvalue weighted by molar-refractivity contribution is 7.99. The van der Waals surface area contributed by atoms with E-state index in [4.69, 9.17) is 0 Å². The van der Waals surface area contributed by atoms with Gasteiger partial charge in [0.05, 0.1) is 17.9 Å². The van der Waals surface area contributed by atoms with E-state index in [1.807, 2.05) is 0 Å².